The van der Waals surface area contributed by atoms with Crippen molar-refractivity contribution in [2.75, 3.05) is 38.2 Å². The molecule has 1 aliphatic rings. The van der Waals surface area contributed by atoms with E-state index < -0.39 is 0 Å². The molecule has 0 spiro atoms. The minimum absolute atomic E-state index is 0.0496. The molecule has 1 heterocycles. The summed E-state index contributed by atoms with van der Waals surface area (Å²) in [5.41, 5.74) is 3.50. The Kier molecular flexibility index (Phi) is 8.87. The molecule has 0 bridgehead atoms. The molecule has 0 aromatic heterocycles. The van der Waals surface area contributed by atoms with Gasteiger partial charge < -0.3 is 14.7 Å². The van der Waals surface area contributed by atoms with Gasteiger partial charge in [0.25, 0.3) is 5.91 Å². The number of methoxy groups -OCH3 is 1. The summed E-state index contributed by atoms with van der Waals surface area (Å²) >= 11 is 0. The van der Waals surface area contributed by atoms with Gasteiger partial charge in [-0.25, -0.2) is 0 Å². The first-order chi connectivity index (χ1) is 18.4. The zero-order chi connectivity index (χ0) is 27.2. The second-order valence-corrected chi connectivity index (χ2v) is 10.0. The molecule has 6 nitrogen and oxygen atoms in total. The van der Waals surface area contributed by atoms with Crippen molar-refractivity contribution in [1.29, 1.82) is 0 Å². The van der Waals surface area contributed by atoms with Crippen LogP contribution in [-0.2, 0) is 0 Å². The summed E-state index contributed by atoms with van der Waals surface area (Å²) in [4.78, 5) is 20.4. The fraction of sp³-hybridized carbons (Fsp3) is 0.344. The lowest BCUT2D eigenvalue weighted by molar-refractivity contribution is 0.0306. The van der Waals surface area contributed by atoms with Crippen molar-refractivity contribution < 1.29 is 14.6 Å². The van der Waals surface area contributed by atoms with Crippen LogP contribution in [0, 0.1) is 0 Å². The number of carbonyl (C=O) groups excluding carboxylic acids is 1. The van der Waals surface area contributed by atoms with Crippen LogP contribution in [0.25, 0.3) is 0 Å². The van der Waals surface area contributed by atoms with Crippen molar-refractivity contribution >= 4 is 11.6 Å². The summed E-state index contributed by atoms with van der Waals surface area (Å²) in [7, 11) is 1.63. The van der Waals surface area contributed by atoms with E-state index in [9.17, 15) is 9.90 Å². The standard InChI is InChI=1S/C32H39N3O3/c1-6-18-33-21-24(4)35(22-23(33)3)31(26-11-9-13-29(36)20-26)25-10-8-12-27(19-25)32(37)34(7-2)28-14-16-30(38-5)17-15-28/h6,8-17,19-20,23-24,31,36H,1,7,18,21-22H2,2-5H3/t23-,24+,31-/m1/s1. The van der Waals surface area contributed by atoms with Crippen LogP contribution in [0.5, 0.6) is 11.5 Å². The summed E-state index contributed by atoms with van der Waals surface area (Å²) in [6.07, 6.45) is 1.96. The lowest BCUT2D eigenvalue weighted by Crippen LogP contribution is -2.57. The van der Waals surface area contributed by atoms with Gasteiger partial charge in [-0.3, -0.25) is 14.6 Å². The molecule has 1 aliphatic heterocycles. The summed E-state index contributed by atoms with van der Waals surface area (Å²) in [5.74, 6) is 0.943. The molecule has 1 amide bonds. The molecule has 6 heteroatoms. The van der Waals surface area contributed by atoms with Crippen molar-refractivity contribution in [3.63, 3.8) is 0 Å². The van der Waals surface area contributed by atoms with E-state index in [1.54, 1.807) is 18.1 Å². The highest BCUT2D eigenvalue weighted by Gasteiger charge is 2.35. The highest BCUT2D eigenvalue weighted by molar-refractivity contribution is 6.06. The molecule has 1 saturated heterocycles. The third-order valence-corrected chi connectivity index (χ3v) is 7.44. The van der Waals surface area contributed by atoms with E-state index in [0.717, 1.165) is 42.2 Å². The summed E-state index contributed by atoms with van der Waals surface area (Å²) in [6.45, 7) is 13.6. The Morgan fingerprint density at radius 1 is 1.05 bits per heavy atom. The lowest BCUT2D eigenvalue weighted by atomic mass is 9.92. The molecule has 3 aromatic carbocycles. The van der Waals surface area contributed by atoms with Gasteiger partial charge in [0.05, 0.1) is 13.2 Å². The number of nitrogens with zero attached hydrogens (tertiary/aromatic N) is 3. The molecule has 3 atom stereocenters. The van der Waals surface area contributed by atoms with E-state index in [2.05, 4.69) is 42.4 Å². The number of amides is 1. The number of phenols is 1. The van der Waals surface area contributed by atoms with E-state index in [4.69, 9.17) is 4.74 Å². The number of phenolic OH excluding ortho intramolecular Hbond substituents is 1. The fourth-order valence-corrected chi connectivity index (χ4v) is 5.48. The van der Waals surface area contributed by atoms with Gasteiger partial charge >= 0.3 is 0 Å². The number of carbonyl (C=O) groups is 1. The lowest BCUT2D eigenvalue weighted by Gasteiger charge is -2.47. The molecule has 1 fully saturated rings. The molecule has 0 aliphatic carbocycles. The largest absolute Gasteiger partial charge is 0.508 e. The van der Waals surface area contributed by atoms with E-state index in [1.807, 2.05) is 67.6 Å². The third kappa shape index (κ3) is 5.93. The van der Waals surface area contributed by atoms with Crippen LogP contribution in [0.2, 0.25) is 0 Å². The van der Waals surface area contributed by atoms with Gasteiger partial charge in [-0.15, -0.1) is 6.58 Å². The SMILES string of the molecule is C=CCN1C[C@H](C)N([C@@H](c2cccc(O)c2)c2cccc(C(=O)N(CC)c3ccc(OC)cc3)c2)C[C@H]1C. The predicted molar refractivity (Wildman–Crippen MR) is 154 cm³/mol. The fourth-order valence-electron chi connectivity index (χ4n) is 5.48. The number of rotatable bonds is 9. The third-order valence-electron chi connectivity index (χ3n) is 7.44. The Hall–Kier alpha value is -3.61. The summed E-state index contributed by atoms with van der Waals surface area (Å²) in [5, 5.41) is 10.3. The van der Waals surface area contributed by atoms with Crippen LogP contribution in [0.15, 0.2) is 85.5 Å². The van der Waals surface area contributed by atoms with Gasteiger partial charge in [-0.05, 0) is 80.4 Å². The second kappa shape index (κ2) is 12.3. The molecule has 4 rings (SSSR count). The smallest absolute Gasteiger partial charge is 0.258 e. The van der Waals surface area contributed by atoms with Crippen LogP contribution in [0.1, 0.15) is 48.3 Å². The first kappa shape index (κ1) is 27.4. The number of anilines is 1. The van der Waals surface area contributed by atoms with Crippen molar-refractivity contribution in [3.05, 3.63) is 102 Å². The van der Waals surface area contributed by atoms with Gasteiger partial charge in [0, 0.05) is 49.5 Å². The molecule has 0 radical (unpaired) electrons. The molecule has 3 aromatic rings. The Morgan fingerprint density at radius 3 is 2.37 bits per heavy atom. The Balaban J connectivity index is 1.71. The van der Waals surface area contributed by atoms with E-state index in [1.165, 1.54) is 0 Å². The Bertz CT molecular complexity index is 1240. The topological polar surface area (TPSA) is 56.2 Å². The van der Waals surface area contributed by atoms with E-state index in [-0.39, 0.29) is 23.7 Å². The summed E-state index contributed by atoms with van der Waals surface area (Å²) in [6, 6.07) is 23.5. The monoisotopic (exact) mass is 513 g/mol. The van der Waals surface area contributed by atoms with Gasteiger partial charge in [0.15, 0.2) is 0 Å². The maximum atomic E-state index is 13.7. The molecule has 0 saturated carbocycles. The zero-order valence-electron chi connectivity index (χ0n) is 22.9. The highest BCUT2D eigenvalue weighted by Crippen LogP contribution is 2.35. The van der Waals surface area contributed by atoms with Crippen LogP contribution in [0.3, 0.4) is 0 Å². The quantitative estimate of drug-likeness (QED) is 0.370. The zero-order valence-corrected chi connectivity index (χ0v) is 22.9. The number of hydrogen-bond acceptors (Lipinski definition) is 5. The number of hydrogen-bond donors (Lipinski definition) is 1. The van der Waals surface area contributed by atoms with Gasteiger partial charge in [-0.2, -0.15) is 0 Å². The van der Waals surface area contributed by atoms with Gasteiger partial charge in [0.1, 0.15) is 11.5 Å². The minimum Gasteiger partial charge on any atom is -0.508 e. The molecule has 38 heavy (non-hydrogen) atoms. The maximum absolute atomic E-state index is 13.7. The van der Waals surface area contributed by atoms with Crippen LogP contribution < -0.4 is 9.64 Å². The Morgan fingerprint density at radius 2 is 1.74 bits per heavy atom. The average molecular weight is 514 g/mol. The molecule has 1 N–H and O–H groups in total. The van der Waals surface area contributed by atoms with Crippen molar-refractivity contribution in [2.24, 2.45) is 0 Å². The first-order valence-electron chi connectivity index (χ1n) is 13.3. The summed E-state index contributed by atoms with van der Waals surface area (Å²) < 4.78 is 5.28. The van der Waals surface area contributed by atoms with Crippen LogP contribution in [0.4, 0.5) is 5.69 Å². The first-order valence-corrected chi connectivity index (χ1v) is 13.3. The van der Waals surface area contributed by atoms with E-state index in [0.29, 0.717) is 18.2 Å². The number of benzene rings is 3. The number of ether oxygens (including phenoxy) is 1. The minimum atomic E-state index is -0.103. The normalized spacial score (nSPS) is 19.1. The number of piperazine rings is 1. The van der Waals surface area contributed by atoms with E-state index >= 15 is 0 Å². The van der Waals surface area contributed by atoms with Crippen molar-refractivity contribution in [3.8, 4) is 11.5 Å². The second-order valence-electron chi connectivity index (χ2n) is 10.0. The van der Waals surface area contributed by atoms with Crippen molar-refractivity contribution in [2.45, 2.75) is 38.9 Å². The Labute approximate surface area is 226 Å². The van der Waals surface area contributed by atoms with Gasteiger partial charge in [0.2, 0.25) is 0 Å². The number of aromatic hydroxyl groups is 1. The average Bonchev–Trinajstić information content (AvgIpc) is 2.92. The molecule has 200 valence electrons. The van der Waals surface area contributed by atoms with Crippen LogP contribution >= 0.6 is 0 Å². The van der Waals surface area contributed by atoms with Gasteiger partial charge in [-0.1, -0.05) is 30.3 Å². The maximum Gasteiger partial charge on any atom is 0.258 e. The van der Waals surface area contributed by atoms with Crippen LogP contribution in [-0.4, -0.2) is 66.2 Å². The molecular formula is C32H39N3O3. The predicted octanol–water partition coefficient (Wildman–Crippen LogP) is 5.74. The highest BCUT2D eigenvalue weighted by atomic mass is 16.5. The molecular weight excluding hydrogens is 474 g/mol. The molecule has 0 unspecified atom stereocenters. The van der Waals surface area contributed by atoms with Crippen molar-refractivity contribution in [1.82, 2.24) is 9.80 Å².